The van der Waals surface area contributed by atoms with Gasteiger partial charge in [-0.2, -0.15) is 0 Å². The van der Waals surface area contributed by atoms with Crippen molar-refractivity contribution in [1.82, 2.24) is 0 Å². The molecule has 0 nitrogen and oxygen atoms in total. The van der Waals surface area contributed by atoms with Gasteiger partial charge in [-0.15, -0.1) is 0 Å². The van der Waals surface area contributed by atoms with E-state index in [9.17, 15) is 0 Å². The topological polar surface area (TPSA) is 0 Å². The van der Waals surface area contributed by atoms with Crippen LogP contribution in [0.1, 0.15) is 52.0 Å². The van der Waals surface area contributed by atoms with Gasteiger partial charge in [-0.05, 0) is 41.4 Å². The number of aryl methyl sites for hydroxylation is 1. The first-order valence-corrected chi connectivity index (χ1v) is 8.79. The zero-order chi connectivity index (χ0) is 15.8. The molecule has 0 bridgehead atoms. The van der Waals surface area contributed by atoms with Gasteiger partial charge in [-0.1, -0.05) is 94.6 Å². The van der Waals surface area contributed by atoms with Crippen LogP contribution in [0.5, 0.6) is 0 Å². The number of benzene rings is 2. The maximum Gasteiger partial charge on any atom is -0.0184 e. The maximum absolute atomic E-state index is 2.40. The molecule has 0 fully saturated rings. The van der Waals surface area contributed by atoms with Gasteiger partial charge in [0.15, 0.2) is 0 Å². The number of hydrogen-bond acceptors (Lipinski definition) is 0. The third-order valence-corrected chi connectivity index (χ3v) is 4.47. The fourth-order valence-electron chi connectivity index (χ4n) is 2.93. The predicted molar refractivity (Wildman–Crippen MR) is 98.1 cm³/mol. The van der Waals surface area contributed by atoms with Gasteiger partial charge in [0.1, 0.15) is 0 Å². The molecule has 0 saturated carbocycles. The lowest BCUT2D eigenvalue weighted by Crippen LogP contribution is -1.99. The molecular weight excluding hydrogens is 264 g/mol. The SMILES string of the molecule is CC(C)CCCC(C)CCc1ccc(-c2ccccc2)cc1. The summed E-state index contributed by atoms with van der Waals surface area (Å²) in [6.07, 6.45) is 6.64. The van der Waals surface area contributed by atoms with Crippen LogP contribution in [0.4, 0.5) is 0 Å². The Balaban J connectivity index is 1.79. The van der Waals surface area contributed by atoms with Crippen molar-refractivity contribution in [2.24, 2.45) is 11.8 Å². The molecule has 22 heavy (non-hydrogen) atoms. The van der Waals surface area contributed by atoms with E-state index in [0.29, 0.717) is 0 Å². The predicted octanol–water partition coefficient (Wildman–Crippen LogP) is 6.75. The van der Waals surface area contributed by atoms with Crippen LogP contribution < -0.4 is 0 Å². The Labute approximate surface area is 136 Å². The van der Waals surface area contributed by atoms with Crippen LogP contribution in [-0.2, 0) is 6.42 Å². The Morgan fingerprint density at radius 3 is 1.95 bits per heavy atom. The molecule has 0 aliphatic carbocycles. The van der Waals surface area contributed by atoms with Crippen LogP contribution in [0.2, 0.25) is 0 Å². The summed E-state index contributed by atoms with van der Waals surface area (Å²) in [6.45, 7) is 7.04. The quantitative estimate of drug-likeness (QED) is 0.505. The van der Waals surface area contributed by atoms with Crippen LogP contribution in [0.25, 0.3) is 11.1 Å². The van der Waals surface area contributed by atoms with Crippen molar-refractivity contribution in [3.05, 3.63) is 60.2 Å². The summed E-state index contributed by atoms with van der Waals surface area (Å²) in [5, 5.41) is 0. The van der Waals surface area contributed by atoms with E-state index < -0.39 is 0 Å². The van der Waals surface area contributed by atoms with E-state index in [1.807, 2.05) is 0 Å². The lowest BCUT2D eigenvalue weighted by molar-refractivity contribution is 0.437. The highest BCUT2D eigenvalue weighted by Crippen LogP contribution is 2.21. The molecule has 0 radical (unpaired) electrons. The third-order valence-electron chi connectivity index (χ3n) is 4.47. The molecule has 0 aliphatic heterocycles. The minimum atomic E-state index is 0.840. The number of hydrogen-bond donors (Lipinski definition) is 0. The molecule has 0 heterocycles. The van der Waals surface area contributed by atoms with E-state index >= 15 is 0 Å². The van der Waals surface area contributed by atoms with Gasteiger partial charge in [0.05, 0.1) is 0 Å². The van der Waals surface area contributed by atoms with Crippen molar-refractivity contribution < 1.29 is 0 Å². The monoisotopic (exact) mass is 294 g/mol. The average Bonchev–Trinajstić information content (AvgIpc) is 2.54. The van der Waals surface area contributed by atoms with E-state index in [4.69, 9.17) is 0 Å². The van der Waals surface area contributed by atoms with Crippen molar-refractivity contribution in [1.29, 1.82) is 0 Å². The molecule has 0 amide bonds. The Hall–Kier alpha value is -1.56. The molecule has 1 atom stereocenters. The summed E-state index contributed by atoms with van der Waals surface area (Å²) in [6, 6.07) is 19.7. The van der Waals surface area contributed by atoms with Gasteiger partial charge in [-0.3, -0.25) is 0 Å². The van der Waals surface area contributed by atoms with Crippen molar-refractivity contribution in [2.75, 3.05) is 0 Å². The summed E-state index contributed by atoms with van der Waals surface area (Å²) < 4.78 is 0. The Kier molecular flexibility index (Phi) is 6.71. The molecule has 2 aromatic rings. The molecule has 0 saturated heterocycles. The lowest BCUT2D eigenvalue weighted by atomic mass is 9.94. The summed E-state index contributed by atoms with van der Waals surface area (Å²) >= 11 is 0. The summed E-state index contributed by atoms with van der Waals surface area (Å²) in [7, 11) is 0. The molecule has 118 valence electrons. The molecule has 2 rings (SSSR count). The highest BCUT2D eigenvalue weighted by atomic mass is 14.1. The van der Waals surface area contributed by atoms with Crippen molar-refractivity contribution in [2.45, 2.75) is 52.9 Å². The third kappa shape index (κ3) is 5.67. The first kappa shape index (κ1) is 16.8. The Bertz CT molecular complexity index is 522. The molecular formula is C22H30. The van der Waals surface area contributed by atoms with E-state index in [-0.39, 0.29) is 0 Å². The minimum Gasteiger partial charge on any atom is -0.0628 e. The first-order valence-electron chi connectivity index (χ1n) is 8.79. The Morgan fingerprint density at radius 2 is 1.32 bits per heavy atom. The summed E-state index contributed by atoms with van der Waals surface area (Å²) in [5.74, 6) is 1.69. The second-order valence-electron chi connectivity index (χ2n) is 7.03. The summed E-state index contributed by atoms with van der Waals surface area (Å²) in [4.78, 5) is 0. The van der Waals surface area contributed by atoms with Crippen molar-refractivity contribution in [3.8, 4) is 11.1 Å². The maximum atomic E-state index is 2.40. The molecule has 0 heteroatoms. The van der Waals surface area contributed by atoms with Crippen LogP contribution in [0.15, 0.2) is 54.6 Å². The fraction of sp³-hybridized carbons (Fsp3) is 0.455. The molecule has 0 spiro atoms. The van der Waals surface area contributed by atoms with Crippen LogP contribution >= 0.6 is 0 Å². The zero-order valence-corrected chi connectivity index (χ0v) is 14.4. The average molecular weight is 294 g/mol. The van der Waals surface area contributed by atoms with Gasteiger partial charge in [0.25, 0.3) is 0 Å². The second-order valence-corrected chi connectivity index (χ2v) is 7.03. The minimum absolute atomic E-state index is 0.840. The molecule has 0 aromatic heterocycles. The second kappa shape index (κ2) is 8.78. The molecule has 0 aliphatic rings. The molecule has 1 unspecified atom stereocenters. The molecule has 2 aromatic carbocycles. The van der Waals surface area contributed by atoms with Crippen molar-refractivity contribution in [3.63, 3.8) is 0 Å². The summed E-state index contributed by atoms with van der Waals surface area (Å²) in [5.41, 5.74) is 4.08. The van der Waals surface area contributed by atoms with Crippen LogP contribution in [-0.4, -0.2) is 0 Å². The van der Waals surface area contributed by atoms with Gasteiger partial charge >= 0.3 is 0 Å². The Morgan fingerprint density at radius 1 is 0.682 bits per heavy atom. The van der Waals surface area contributed by atoms with Gasteiger partial charge in [0, 0.05) is 0 Å². The van der Waals surface area contributed by atoms with Gasteiger partial charge < -0.3 is 0 Å². The van der Waals surface area contributed by atoms with Crippen LogP contribution in [0, 0.1) is 11.8 Å². The number of rotatable bonds is 8. The normalized spacial score (nSPS) is 12.5. The fourth-order valence-corrected chi connectivity index (χ4v) is 2.93. The van der Waals surface area contributed by atoms with E-state index in [1.165, 1.54) is 48.8 Å². The van der Waals surface area contributed by atoms with E-state index in [0.717, 1.165) is 11.8 Å². The highest BCUT2D eigenvalue weighted by molar-refractivity contribution is 5.63. The van der Waals surface area contributed by atoms with Crippen molar-refractivity contribution >= 4 is 0 Å². The zero-order valence-electron chi connectivity index (χ0n) is 14.4. The van der Waals surface area contributed by atoms with Gasteiger partial charge in [-0.25, -0.2) is 0 Å². The smallest absolute Gasteiger partial charge is 0.0184 e. The van der Waals surface area contributed by atoms with Gasteiger partial charge in [0.2, 0.25) is 0 Å². The first-order chi connectivity index (χ1) is 10.6. The largest absolute Gasteiger partial charge is 0.0628 e. The van der Waals surface area contributed by atoms with Crippen LogP contribution in [0.3, 0.4) is 0 Å². The van der Waals surface area contributed by atoms with E-state index in [1.54, 1.807) is 0 Å². The standard InChI is InChI=1S/C22H30/c1-18(2)8-7-9-19(3)12-13-20-14-16-22(17-15-20)21-10-5-4-6-11-21/h4-6,10-11,14-19H,7-9,12-13H2,1-3H3. The highest BCUT2D eigenvalue weighted by Gasteiger charge is 2.04. The van der Waals surface area contributed by atoms with E-state index in [2.05, 4.69) is 75.4 Å². The molecule has 0 N–H and O–H groups in total. The lowest BCUT2D eigenvalue weighted by Gasteiger charge is -2.12.